The van der Waals surface area contributed by atoms with Crippen LogP contribution in [0.5, 0.6) is 0 Å². The van der Waals surface area contributed by atoms with E-state index in [1.54, 1.807) is 17.5 Å². The lowest BCUT2D eigenvalue weighted by molar-refractivity contribution is 0.102. The van der Waals surface area contributed by atoms with Gasteiger partial charge in [0.05, 0.1) is 10.6 Å². The summed E-state index contributed by atoms with van der Waals surface area (Å²) in [5.74, 6) is -0.461. The van der Waals surface area contributed by atoms with Gasteiger partial charge in [-0.3, -0.25) is 4.79 Å². The first-order valence-electron chi connectivity index (χ1n) is 5.66. The van der Waals surface area contributed by atoms with Crippen LogP contribution in [0.2, 0.25) is 0 Å². The number of nitrogens with zero attached hydrogens (tertiary/aromatic N) is 1. The topological polar surface area (TPSA) is 102 Å². The molecule has 0 atom stereocenters. The molecule has 0 aliphatic rings. The number of aromatic nitrogens is 1. The van der Waals surface area contributed by atoms with Crippen molar-refractivity contribution >= 4 is 32.8 Å². The fourth-order valence-corrected chi connectivity index (χ4v) is 3.09. The number of thiazole rings is 1. The Kier molecular flexibility index (Phi) is 4.17. The molecule has 1 amide bonds. The number of hydrogen-bond donors (Lipinski definition) is 2. The van der Waals surface area contributed by atoms with E-state index < -0.39 is 15.7 Å². The maximum absolute atomic E-state index is 12.0. The first-order valence-corrected chi connectivity index (χ1v) is 8.44. The molecule has 0 radical (unpaired) electrons. The predicted molar refractivity (Wildman–Crippen MR) is 77.5 cm³/mol. The summed E-state index contributed by atoms with van der Waals surface area (Å²) in [4.78, 5) is 16.1. The van der Waals surface area contributed by atoms with E-state index in [4.69, 9.17) is 5.73 Å². The summed E-state index contributed by atoms with van der Waals surface area (Å²) in [5, 5.41) is 4.78. The van der Waals surface area contributed by atoms with Crippen LogP contribution in [-0.2, 0) is 16.4 Å². The van der Waals surface area contributed by atoms with Crippen molar-refractivity contribution in [1.82, 2.24) is 4.98 Å². The number of rotatable bonds is 4. The van der Waals surface area contributed by atoms with Crippen molar-refractivity contribution in [2.45, 2.75) is 11.4 Å². The van der Waals surface area contributed by atoms with Crippen LogP contribution in [0, 0.1) is 0 Å². The van der Waals surface area contributed by atoms with Gasteiger partial charge in [-0.1, -0.05) is 12.1 Å². The van der Waals surface area contributed by atoms with Crippen LogP contribution in [-0.4, -0.2) is 25.6 Å². The highest BCUT2D eigenvalue weighted by molar-refractivity contribution is 7.90. The molecule has 1 heterocycles. The third kappa shape index (κ3) is 3.21. The molecule has 3 N–H and O–H groups in total. The molecule has 1 aromatic heterocycles. The van der Waals surface area contributed by atoms with Crippen LogP contribution in [0.4, 0.5) is 5.69 Å². The van der Waals surface area contributed by atoms with E-state index in [2.05, 4.69) is 10.3 Å². The normalized spacial score (nSPS) is 11.3. The Bertz CT molecular complexity index is 738. The molecule has 106 valence electrons. The van der Waals surface area contributed by atoms with Gasteiger partial charge in [0, 0.05) is 18.2 Å². The van der Waals surface area contributed by atoms with E-state index in [-0.39, 0.29) is 22.8 Å². The van der Waals surface area contributed by atoms with Crippen LogP contribution >= 0.6 is 11.3 Å². The van der Waals surface area contributed by atoms with Crippen molar-refractivity contribution in [3.63, 3.8) is 0 Å². The highest BCUT2D eigenvalue weighted by Crippen LogP contribution is 2.21. The largest absolute Gasteiger partial charge is 0.325 e. The number of carbonyl (C=O) groups is 1. The molecule has 2 rings (SSSR count). The number of anilines is 1. The average molecular weight is 311 g/mol. The molecule has 0 fully saturated rings. The molecule has 0 spiro atoms. The SMILES string of the molecule is CS(=O)(=O)c1ccccc1NC(=O)c1csc(CN)n1. The van der Waals surface area contributed by atoms with Gasteiger partial charge in [-0.15, -0.1) is 11.3 Å². The number of sulfone groups is 1. The summed E-state index contributed by atoms with van der Waals surface area (Å²) in [6.07, 6.45) is 1.09. The maximum atomic E-state index is 12.0. The number of nitrogens with one attached hydrogen (secondary N) is 1. The second kappa shape index (κ2) is 5.70. The number of para-hydroxylation sites is 1. The van der Waals surface area contributed by atoms with Gasteiger partial charge in [0.25, 0.3) is 5.91 Å². The fraction of sp³-hybridized carbons (Fsp3) is 0.167. The van der Waals surface area contributed by atoms with E-state index >= 15 is 0 Å². The van der Waals surface area contributed by atoms with Gasteiger partial charge >= 0.3 is 0 Å². The van der Waals surface area contributed by atoms with E-state index in [9.17, 15) is 13.2 Å². The zero-order valence-corrected chi connectivity index (χ0v) is 12.3. The molecule has 2 aromatic rings. The van der Waals surface area contributed by atoms with E-state index in [1.165, 1.54) is 23.5 Å². The molecular formula is C12H13N3O3S2. The molecule has 1 aromatic carbocycles. The van der Waals surface area contributed by atoms with Crippen LogP contribution < -0.4 is 11.1 Å². The van der Waals surface area contributed by atoms with Crippen molar-refractivity contribution in [2.24, 2.45) is 5.73 Å². The third-order valence-electron chi connectivity index (χ3n) is 2.49. The summed E-state index contributed by atoms with van der Waals surface area (Å²) in [5.41, 5.74) is 5.89. The lowest BCUT2D eigenvalue weighted by Crippen LogP contribution is -2.15. The quantitative estimate of drug-likeness (QED) is 0.885. The van der Waals surface area contributed by atoms with Crippen molar-refractivity contribution in [3.05, 3.63) is 40.3 Å². The van der Waals surface area contributed by atoms with Gasteiger partial charge < -0.3 is 11.1 Å². The zero-order valence-electron chi connectivity index (χ0n) is 10.7. The maximum Gasteiger partial charge on any atom is 0.275 e. The number of benzene rings is 1. The second-order valence-corrected chi connectivity index (χ2v) is 6.98. The van der Waals surface area contributed by atoms with Crippen LogP contribution in [0.3, 0.4) is 0 Å². The van der Waals surface area contributed by atoms with E-state index in [0.717, 1.165) is 6.26 Å². The molecule has 0 aliphatic carbocycles. The number of hydrogen-bond acceptors (Lipinski definition) is 6. The van der Waals surface area contributed by atoms with Gasteiger partial charge in [0.15, 0.2) is 9.84 Å². The Morgan fingerprint density at radius 1 is 1.40 bits per heavy atom. The summed E-state index contributed by atoms with van der Waals surface area (Å²) < 4.78 is 23.3. The minimum Gasteiger partial charge on any atom is -0.325 e. The first-order chi connectivity index (χ1) is 9.41. The number of amides is 1. The number of carbonyl (C=O) groups excluding carboxylic acids is 1. The van der Waals surface area contributed by atoms with Crippen molar-refractivity contribution < 1.29 is 13.2 Å². The second-order valence-electron chi connectivity index (χ2n) is 4.05. The third-order valence-corrected chi connectivity index (χ3v) is 4.52. The molecule has 0 bridgehead atoms. The smallest absolute Gasteiger partial charge is 0.275 e. The predicted octanol–water partition coefficient (Wildman–Crippen LogP) is 1.26. The molecular weight excluding hydrogens is 298 g/mol. The molecule has 0 aliphatic heterocycles. The Labute approximate surface area is 120 Å². The van der Waals surface area contributed by atoms with Crippen molar-refractivity contribution in [1.29, 1.82) is 0 Å². The van der Waals surface area contributed by atoms with Crippen molar-refractivity contribution in [2.75, 3.05) is 11.6 Å². The molecule has 20 heavy (non-hydrogen) atoms. The Morgan fingerprint density at radius 2 is 2.10 bits per heavy atom. The fourth-order valence-electron chi connectivity index (χ4n) is 1.59. The molecule has 0 saturated carbocycles. The monoisotopic (exact) mass is 311 g/mol. The van der Waals surface area contributed by atoms with Gasteiger partial charge in [0.2, 0.25) is 0 Å². The Hall–Kier alpha value is -1.77. The van der Waals surface area contributed by atoms with Crippen LogP contribution in [0.15, 0.2) is 34.5 Å². The van der Waals surface area contributed by atoms with Crippen LogP contribution in [0.25, 0.3) is 0 Å². The summed E-state index contributed by atoms with van der Waals surface area (Å²) in [6, 6.07) is 6.22. The molecule has 6 nitrogen and oxygen atoms in total. The van der Waals surface area contributed by atoms with Crippen LogP contribution in [0.1, 0.15) is 15.5 Å². The zero-order chi connectivity index (χ0) is 14.8. The van der Waals surface area contributed by atoms with Crippen molar-refractivity contribution in [3.8, 4) is 0 Å². The minimum atomic E-state index is -3.41. The summed E-state index contributed by atoms with van der Waals surface area (Å²) in [7, 11) is -3.41. The highest BCUT2D eigenvalue weighted by atomic mass is 32.2. The molecule has 0 saturated heterocycles. The highest BCUT2D eigenvalue weighted by Gasteiger charge is 2.16. The lowest BCUT2D eigenvalue weighted by Gasteiger charge is -2.08. The van der Waals surface area contributed by atoms with E-state index in [0.29, 0.717) is 5.01 Å². The van der Waals surface area contributed by atoms with Gasteiger partial charge in [-0.25, -0.2) is 13.4 Å². The summed E-state index contributed by atoms with van der Waals surface area (Å²) >= 11 is 1.28. The summed E-state index contributed by atoms with van der Waals surface area (Å²) in [6.45, 7) is 0.262. The van der Waals surface area contributed by atoms with Gasteiger partial charge in [0.1, 0.15) is 10.7 Å². The van der Waals surface area contributed by atoms with Gasteiger partial charge in [-0.2, -0.15) is 0 Å². The number of nitrogens with two attached hydrogens (primary N) is 1. The van der Waals surface area contributed by atoms with Gasteiger partial charge in [-0.05, 0) is 12.1 Å². The average Bonchev–Trinajstić information content (AvgIpc) is 2.87. The molecule has 8 heteroatoms. The molecule has 0 unspecified atom stereocenters. The van der Waals surface area contributed by atoms with E-state index in [1.807, 2.05) is 0 Å². The first kappa shape index (κ1) is 14.6. The Balaban J connectivity index is 2.29. The minimum absolute atomic E-state index is 0.0719. The Morgan fingerprint density at radius 3 is 2.70 bits per heavy atom. The standard InChI is InChI=1S/C12H13N3O3S2/c1-20(17,18)10-5-3-2-4-8(10)15-12(16)9-7-19-11(6-13)14-9/h2-5,7H,6,13H2,1H3,(H,15,16). The lowest BCUT2D eigenvalue weighted by atomic mass is 10.3.